The molecule has 6 nitrogen and oxygen atoms in total. The van der Waals surface area contributed by atoms with E-state index in [-0.39, 0.29) is 37.3 Å². The molecule has 1 atom stereocenters. The summed E-state index contributed by atoms with van der Waals surface area (Å²) in [7, 11) is 0. The van der Waals surface area contributed by atoms with E-state index in [4.69, 9.17) is 9.47 Å². The summed E-state index contributed by atoms with van der Waals surface area (Å²) in [6.07, 6.45) is 1.69. The fourth-order valence-corrected chi connectivity index (χ4v) is 4.89. The van der Waals surface area contributed by atoms with Gasteiger partial charge in [-0.1, -0.05) is 48.5 Å². The van der Waals surface area contributed by atoms with E-state index < -0.39 is 11.6 Å². The predicted octanol–water partition coefficient (Wildman–Crippen LogP) is 5.60. The lowest BCUT2D eigenvalue weighted by atomic mass is 9.91. The monoisotopic (exact) mass is 519 g/mol. The van der Waals surface area contributed by atoms with E-state index in [1.807, 2.05) is 69.3 Å². The summed E-state index contributed by atoms with van der Waals surface area (Å²) in [4.78, 5) is 26.0. The van der Waals surface area contributed by atoms with Crippen molar-refractivity contribution in [3.05, 3.63) is 94.8 Å². The van der Waals surface area contributed by atoms with Gasteiger partial charge >= 0.3 is 5.97 Å². The molecule has 1 aliphatic rings. The van der Waals surface area contributed by atoms with Gasteiger partial charge in [-0.3, -0.25) is 9.59 Å². The van der Waals surface area contributed by atoms with E-state index in [2.05, 4.69) is 0 Å². The summed E-state index contributed by atoms with van der Waals surface area (Å²) in [6.45, 7) is 5.58. The van der Waals surface area contributed by atoms with Gasteiger partial charge in [-0.2, -0.15) is 0 Å². The second kappa shape index (κ2) is 11.7. The van der Waals surface area contributed by atoms with Crippen LogP contribution in [0, 0.1) is 5.82 Å². The zero-order valence-electron chi connectivity index (χ0n) is 22.1. The molecule has 3 aromatic rings. The molecule has 1 aliphatic heterocycles. The normalized spacial score (nSPS) is 16.1. The lowest BCUT2D eigenvalue weighted by Gasteiger charge is -2.24. The lowest BCUT2D eigenvalue weighted by molar-refractivity contribution is -0.144. The first-order chi connectivity index (χ1) is 18.1. The zero-order chi connectivity index (χ0) is 27.3. The summed E-state index contributed by atoms with van der Waals surface area (Å²) >= 11 is 0. The number of para-hydroxylation sites is 1. The van der Waals surface area contributed by atoms with Crippen LogP contribution >= 0.6 is 0 Å². The molecule has 0 fully saturated rings. The minimum Gasteiger partial charge on any atom is -0.491 e. The number of halogens is 1. The number of aryl methyl sites for hydroxylation is 1. The number of carbonyl (C=O) groups is 2. The number of hydrogen-bond acceptors (Lipinski definition) is 4. The Labute approximate surface area is 223 Å². The Morgan fingerprint density at radius 1 is 1.08 bits per heavy atom. The number of benzene rings is 3. The van der Waals surface area contributed by atoms with Crippen molar-refractivity contribution in [2.24, 2.45) is 0 Å². The SMILES string of the molecule is CC(C)Oc1ccccc1CN(CC(=O)O)C(=O)CCc1ccc2c(c1)CC(C)(Cc1ccccc1F)O2. The Hall–Kier alpha value is -3.87. The Kier molecular flexibility index (Phi) is 8.35. The number of rotatable bonds is 11. The van der Waals surface area contributed by atoms with Crippen molar-refractivity contribution in [1.82, 2.24) is 4.90 Å². The maximum Gasteiger partial charge on any atom is 0.323 e. The first kappa shape index (κ1) is 27.2. The highest BCUT2D eigenvalue weighted by molar-refractivity contribution is 5.81. The van der Waals surface area contributed by atoms with Gasteiger partial charge < -0.3 is 19.5 Å². The maximum absolute atomic E-state index is 14.2. The fourth-order valence-electron chi connectivity index (χ4n) is 4.89. The summed E-state index contributed by atoms with van der Waals surface area (Å²) in [5, 5.41) is 9.43. The lowest BCUT2D eigenvalue weighted by Crippen LogP contribution is -2.35. The maximum atomic E-state index is 14.2. The van der Waals surface area contributed by atoms with Gasteiger partial charge in [0.2, 0.25) is 5.91 Å². The quantitative estimate of drug-likeness (QED) is 0.357. The molecular weight excluding hydrogens is 485 g/mol. The standard InChI is InChI=1S/C31H34FNO5/c1-21(2)37-27-11-7-5-9-24(27)19-33(20-30(35)36)29(34)15-13-22-12-14-28-25(16-22)18-31(3,38-28)17-23-8-4-6-10-26(23)32/h4-12,14,16,21H,13,15,17-20H2,1-3H3,(H,35,36). The molecule has 0 spiro atoms. The first-order valence-corrected chi connectivity index (χ1v) is 12.9. The molecule has 1 unspecified atom stereocenters. The Bertz CT molecular complexity index is 1310. The molecule has 3 aromatic carbocycles. The summed E-state index contributed by atoms with van der Waals surface area (Å²) < 4.78 is 26.3. The van der Waals surface area contributed by atoms with Gasteiger partial charge in [-0.25, -0.2) is 4.39 Å². The Morgan fingerprint density at radius 3 is 2.50 bits per heavy atom. The average molecular weight is 520 g/mol. The van der Waals surface area contributed by atoms with Gasteiger partial charge in [0.05, 0.1) is 6.10 Å². The van der Waals surface area contributed by atoms with Crippen LogP contribution in [-0.2, 0) is 35.4 Å². The first-order valence-electron chi connectivity index (χ1n) is 12.9. The molecule has 0 saturated heterocycles. The summed E-state index contributed by atoms with van der Waals surface area (Å²) in [6, 6.07) is 20.0. The average Bonchev–Trinajstić information content (AvgIpc) is 3.19. The predicted molar refractivity (Wildman–Crippen MR) is 143 cm³/mol. The highest BCUT2D eigenvalue weighted by Crippen LogP contribution is 2.38. The number of ether oxygens (including phenoxy) is 2. The van der Waals surface area contributed by atoms with Gasteiger partial charge in [0.15, 0.2) is 0 Å². The van der Waals surface area contributed by atoms with Gasteiger partial charge in [0.1, 0.15) is 29.5 Å². The minimum atomic E-state index is -1.07. The van der Waals surface area contributed by atoms with Gasteiger partial charge in [0.25, 0.3) is 0 Å². The van der Waals surface area contributed by atoms with Gasteiger partial charge in [0, 0.05) is 31.4 Å². The van der Waals surface area contributed by atoms with Crippen LogP contribution < -0.4 is 9.47 Å². The van der Waals surface area contributed by atoms with Crippen molar-refractivity contribution < 1.29 is 28.6 Å². The van der Waals surface area contributed by atoms with E-state index in [9.17, 15) is 19.1 Å². The molecule has 1 heterocycles. The molecule has 7 heteroatoms. The number of aliphatic carboxylic acids is 1. The van der Waals surface area contributed by atoms with E-state index in [1.54, 1.807) is 12.1 Å². The second-order valence-electron chi connectivity index (χ2n) is 10.4. The van der Waals surface area contributed by atoms with Crippen molar-refractivity contribution >= 4 is 11.9 Å². The van der Waals surface area contributed by atoms with Crippen LogP contribution in [0.25, 0.3) is 0 Å². The third kappa shape index (κ3) is 6.91. The topological polar surface area (TPSA) is 76.1 Å². The van der Waals surface area contributed by atoms with Crippen molar-refractivity contribution in [1.29, 1.82) is 0 Å². The molecule has 0 aliphatic carbocycles. The number of fused-ring (bicyclic) bond motifs is 1. The zero-order valence-corrected chi connectivity index (χ0v) is 22.1. The molecule has 0 saturated carbocycles. The molecule has 4 rings (SSSR count). The highest BCUT2D eigenvalue weighted by atomic mass is 19.1. The van der Waals surface area contributed by atoms with Crippen LogP contribution in [0.2, 0.25) is 0 Å². The van der Waals surface area contributed by atoms with Gasteiger partial charge in [-0.15, -0.1) is 0 Å². The van der Waals surface area contributed by atoms with E-state index in [0.29, 0.717) is 30.6 Å². The number of carboxylic acid groups (broad SMARTS) is 1. The van der Waals surface area contributed by atoms with Crippen LogP contribution in [-0.4, -0.2) is 40.1 Å². The van der Waals surface area contributed by atoms with Crippen LogP contribution in [0.5, 0.6) is 11.5 Å². The molecule has 0 aromatic heterocycles. The molecule has 1 N–H and O–H groups in total. The van der Waals surface area contributed by atoms with Crippen molar-refractivity contribution in [3.8, 4) is 11.5 Å². The Balaban J connectivity index is 1.41. The highest BCUT2D eigenvalue weighted by Gasteiger charge is 2.35. The largest absolute Gasteiger partial charge is 0.491 e. The second-order valence-corrected chi connectivity index (χ2v) is 10.4. The molecule has 38 heavy (non-hydrogen) atoms. The molecule has 0 radical (unpaired) electrons. The third-order valence-corrected chi connectivity index (χ3v) is 6.57. The molecular formula is C31H34FNO5. The molecule has 1 amide bonds. The number of amides is 1. The minimum absolute atomic E-state index is 0.0443. The number of hydrogen-bond donors (Lipinski definition) is 1. The van der Waals surface area contributed by atoms with Crippen molar-refractivity contribution in [3.63, 3.8) is 0 Å². The van der Waals surface area contributed by atoms with Crippen molar-refractivity contribution in [2.45, 2.75) is 64.7 Å². The van der Waals surface area contributed by atoms with Gasteiger partial charge in [-0.05, 0) is 62.1 Å². The van der Waals surface area contributed by atoms with Crippen LogP contribution in [0.4, 0.5) is 4.39 Å². The van der Waals surface area contributed by atoms with Crippen LogP contribution in [0.1, 0.15) is 49.4 Å². The number of carbonyl (C=O) groups excluding carboxylic acids is 1. The summed E-state index contributed by atoms with van der Waals surface area (Å²) in [5.74, 6) is -0.134. The van der Waals surface area contributed by atoms with Crippen LogP contribution in [0.15, 0.2) is 66.7 Å². The van der Waals surface area contributed by atoms with Crippen molar-refractivity contribution in [2.75, 3.05) is 6.54 Å². The number of carboxylic acids is 1. The third-order valence-electron chi connectivity index (χ3n) is 6.57. The van der Waals surface area contributed by atoms with E-state index in [1.165, 1.54) is 11.0 Å². The Morgan fingerprint density at radius 2 is 1.79 bits per heavy atom. The van der Waals surface area contributed by atoms with E-state index >= 15 is 0 Å². The number of nitrogens with zero attached hydrogens (tertiary/aromatic N) is 1. The van der Waals surface area contributed by atoms with Crippen LogP contribution in [0.3, 0.4) is 0 Å². The van der Waals surface area contributed by atoms with E-state index in [0.717, 1.165) is 22.4 Å². The summed E-state index contributed by atoms with van der Waals surface area (Å²) in [5.41, 5.74) is 2.82. The smallest absolute Gasteiger partial charge is 0.323 e. The fraction of sp³-hybridized carbons (Fsp3) is 0.355. The molecule has 200 valence electrons. The molecule has 0 bridgehead atoms.